The van der Waals surface area contributed by atoms with E-state index < -0.39 is 11.9 Å². The second-order valence-electron chi connectivity index (χ2n) is 11.5. The van der Waals surface area contributed by atoms with Crippen LogP contribution in [0, 0.1) is 6.92 Å². The van der Waals surface area contributed by atoms with Crippen molar-refractivity contribution in [3.8, 4) is 11.1 Å². The lowest BCUT2D eigenvalue weighted by atomic mass is 9.85. The maximum absolute atomic E-state index is 13.2. The zero-order chi connectivity index (χ0) is 28.5. The SMILES string of the molecule is Cc1ccc2ccccc2c1CN(Cc1ccc(-c2cccc(C(C)(C)C)c2)cc1)Cc1ccc(C(F)(F)F)o1. The van der Waals surface area contributed by atoms with Gasteiger partial charge in [0, 0.05) is 13.1 Å². The fourth-order valence-corrected chi connectivity index (χ4v) is 5.11. The number of hydrogen-bond donors (Lipinski definition) is 0. The summed E-state index contributed by atoms with van der Waals surface area (Å²) >= 11 is 0. The zero-order valence-corrected chi connectivity index (χ0v) is 23.3. The maximum Gasteiger partial charge on any atom is 0.449 e. The van der Waals surface area contributed by atoms with Crippen molar-refractivity contribution in [2.24, 2.45) is 0 Å². The molecule has 0 fully saturated rings. The van der Waals surface area contributed by atoms with E-state index in [0.717, 1.165) is 44.7 Å². The minimum atomic E-state index is -4.50. The molecule has 1 heterocycles. The summed E-state index contributed by atoms with van der Waals surface area (Å²) in [7, 11) is 0. The van der Waals surface area contributed by atoms with E-state index in [1.54, 1.807) is 0 Å². The molecule has 0 spiro atoms. The number of alkyl halides is 3. The van der Waals surface area contributed by atoms with Crippen LogP contribution in [0.2, 0.25) is 0 Å². The van der Waals surface area contributed by atoms with Gasteiger partial charge in [0.2, 0.25) is 5.76 Å². The Labute approximate surface area is 234 Å². The van der Waals surface area contributed by atoms with Crippen molar-refractivity contribution >= 4 is 10.8 Å². The fraction of sp³-hybridized carbons (Fsp3) is 0.257. The van der Waals surface area contributed by atoms with Gasteiger partial charge in [-0.2, -0.15) is 13.2 Å². The Morgan fingerprint density at radius 1 is 0.700 bits per heavy atom. The summed E-state index contributed by atoms with van der Waals surface area (Å²) in [5.41, 5.74) is 7.03. The molecule has 0 aliphatic rings. The van der Waals surface area contributed by atoms with Gasteiger partial charge in [-0.15, -0.1) is 0 Å². The topological polar surface area (TPSA) is 16.4 Å². The summed E-state index contributed by atoms with van der Waals surface area (Å²) < 4.78 is 44.9. The van der Waals surface area contributed by atoms with Crippen molar-refractivity contribution in [2.75, 3.05) is 0 Å². The van der Waals surface area contributed by atoms with Crippen LogP contribution >= 0.6 is 0 Å². The number of rotatable bonds is 7. The Morgan fingerprint density at radius 2 is 1.45 bits per heavy atom. The molecular formula is C35H34F3NO. The van der Waals surface area contributed by atoms with Gasteiger partial charge in [0.1, 0.15) is 5.76 Å². The highest BCUT2D eigenvalue weighted by Gasteiger charge is 2.34. The Bertz CT molecular complexity index is 1610. The van der Waals surface area contributed by atoms with Crippen LogP contribution in [0.5, 0.6) is 0 Å². The van der Waals surface area contributed by atoms with Crippen LogP contribution in [0.15, 0.2) is 101 Å². The van der Waals surface area contributed by atoms with Crippen molar-refractivity contribution in [3.05, 3.63) is 131 Å². The number of fused-ring (bicyclic) bond motifs is 1. The van der Waals surface area contributed by atoms with Gasteiger partial charge in [-0.05, 0) is 68.6 Å². The lowest BCUT2D eigenvalue weighted by molar-refractivity contribution is -0.153. The third-order valence-electron chi connectivity index (χ3n) is 7.40. The molecule has 0 saturated carbocycles. The molecular weight excluding hydrogens is 507 g/mol. The highest BCUT2D eigenvalue weighted by atomic mass is 19.4. The Morgan fingerprint density at radius 3 is 2.15 bits per heavy atom. The van der Waals surface area contributed by atoms with E-state index in [2.05, 4.69) is 105 Å². The molecule has 4 aromatic carbocycles. The molecule has 0 aliphatic carbocycles. The predicted octanol–water partition coefficient (Wildman–Crippen LogP) is 9.93. The largest absolute Gasteiger partial charge is 0.455 e. The zero-order valence-electron chi connectivity index (χ0n) is 23.3. The van der Waals surface area contributed by atoms with E-state index >= 15 is 0 Å². The van der Waals surface area contributed by atoms with Gasteiger partial charge in [-0.3, -0.25) is 4.90 Å². The normalized spacial score (nSPS) is 12.4. The van der Waals surface area contributed by atoms with Crippen molar-refractivity contribution in [1.29, 1.82) is 0 Å². The highest BCUT2D eigenvalue weighted by molar-refractivity contribution is 5.86. The van der Waals surface area contributed by atoms with Crippen LogP contribution < -0.4 is 0 Å². The summed E-state index contributed by atoms with van der Waals surface area (Å²) in [6.45, 7) is 10.1. The van der Waals surface area contributed by atoms with Crippen molar-refractivity contribution in [3.63, 3.8) is 0 Å². The van der Waals surface area contributed by atoms with Crippen molar-refractivity contribution in [2.45, 2.75) is 58.9 Å². The maximum atomic E-state index is 13.2. The first-order valence-corrected chi connectivity index (χ1v) is 13.5. The van der Waals surface area contributed by atoms with Crippen LogP contribution in [-0.4, -0.2) is 4.90 Å². The van der Waals surface area contributed by atoms with E-state index in [1.165, 1.54) is 11.6 Å². The average molecular weight is 542 g/mol. The molecule has 2 nitrogen and oxygen atoms in total. The van der Waals surface area contributed by atoms with Crippen molar-refractivity contribution in [1.82, 2.24) is 4.90 Å². The lowest BCUT2D eigenvalue weighted by Crippen LogP contribution is -2.23. The minimum Gasteiger partial charge on any atom is -0.455 e. The third kappa shape index (κ3) is 6.31. The Hall–Kier alpha value is -3.83. The molecule has 5 heteroatoms. The molecule has 0 amide bonds. The van der Waals surface area contributed by atoms with Crippen LogP contribution in [0.4, 0.5) is 13.2 Å². The van der Waals surface area contributed by atoms with Gasteiger partial charge in [-0.1, -0.05) is 106 Å². The Balaban J connectivity index is 1.44. The molecule has 0 unspecified atom stereocenters. The molecule has 0 saturated heterocycles. The van der Waals surface area contributed by atoms with Gasteiger partial charge in [0.05, 0.1) is 6.54 Å². The number of halogens is 3. The van der Waals surface area contributed by atoms with Gasteiger partial charge >= 0.3 is 6.18 Å². The van der Waals surface area contributed by atoms with E-state index in [4.69, 9.17) is 4.42 Å². The first kappa shape index (κ1) is 27.7. The van der Waals surface area contributed by atoms with Gasteiger partial charge < -0.3 is 4.42 Å². The number of nitrogens with zero attached hydrogens (tertiary/aromatic N) is 1. The standard InChI is InChI=1S/C35H34F3NO/c1-24-12-15-27-8-5-6-11-31(27)32(24)23-39(22-30-18-19-33(40-30)35(36,37)38)21-25-13-16-26(17-14-25)28-9-7-10-29(20-28)34(2,3)4/h5-20H,21-23H2,1-4H3. The van der Waals surface area contributed by atoms with E-state index in [9.17, 15) is 13.2 Å². The molecule has 0 radical (unpaired) electrons. The molecule has 5 rings (SSSR count). The van der Waals surface area contributed by atoms with Gasteiger partial charge in [-0.25, -0.2) is 0 Å². The van der Waals surface area contributed by atoms with Crippen LogP contribution in [0.1, 0.15) is 54.5 Å². The van der Waals surface area contributed by atoms with Crippen LogP contribution in [0.25, 0.3) is 21.9 Å². The van der Waals surface area contributed by atoms with Gasteiger partial charge in [0.25, 0.3) is 0 Å². The first-order chi connectivity index (χ1) is 19.0. The number of aryl methyl sites for hydroxylation is 1. The number of benzene rings is 4. The number of hydrogen-bond acceptors (Lipinski definition) is 2. The summed E-state index contributed by atoms with van der Waals surface area (Å²) in [5.74, 6) is -0.675. The summed E-state index contributed by atoms with van der Waals surface area (Å²) in [6.07, 6.45) is -4.50. The second kappa shape index (κ2) is 11.0. The molecule has 0 bridgehead atoms. The summed E-state index contributed by atoms with van der Waals surface area (Å²) in [6, 6.07) is 31.9. The predicted molar refractivity (Wildman–Crippen MR) is 156 cm³/mol. The summed E-state index contributed by atoms with van der Waals surface area (Å²) in [4.78, 5) is 2.14. The van der Waals surface area contributed by atoms with E-state index in [1.807, 2.05) is 12.1 Å². The summed E-state index contributed by atoms with van der Waals surface area (Å²) in [5, 5.41) is 2.29. The average Bonchev–Trinajstić information content (AvgIpc) is 3.40. The molecule has 206 valence electrons. The smallest absolute Gasteiger partial charge is 0.449 e. The number of furan rings is 1. The molecule has 0 aliphatic heterocycles. The molecule has 0 atom stereocenters. The molecule has 0 N–H and O–H groups in total. The highest BCUT2D eigenvalue weighted by Crippen LogP contribution is 2.32. The Kier molecular flexibility index (Phi) is 7.61. The fourth-order valence-electron chi connectivity index (χ4n) is 5.11. The van der Waals surface area contributed by atoms with E-state index in [-0.39, 0.29) is 12.0 Å². The lowest BCUT2D eigenvalue weighted by Gasteiger charge is -2.24. The monoisotopic (exact) mass is 541 g/mol. The molecule has 5 aromatic rings. The van der Waals surface area contributed by atoms with E-state index in [0.29, 0.717) is 18.8 Å². The first-order valence-electron chi connectivity index (χ1n) is 13.5. The van der Waals surface area contributed by atoms with Gasteiger partial charge in [0.15, 0.2) is 0 Å². The van der Waals surface area contributed by atoms with Crippen LogP contribution in [-0.2, 0) is 31.2 Å². The minimum absolute atomic E-state index is 0.0635. The molecule has 1 aromatic heterocycles. The third-order valence-corrected chi connectivity index (χ3v) is 7.40. The quantitative estimate of drug-likeness (QED) is 0.204. The molecule has 40 heavy (non-hydrogen) atoms. The van der Waals surface area contributed by atoms with Crippen molar-refractivity contribution < 1.29 is 17.6 Å². The van der Waals surface area contributed by atoms with Crippen LogP contribution in [0.3, 0.4) is 0 Å². The second-order valence-corrected chi connectivity index (χ2v) is 11.5.